The van der Waals surface area contributed by atoms with Crippen LogP contribution in [0.4, 0.5) is 8.78 Å². The minimum absolute atomic E-state index is 0.0123. The monoisotopic (exact) mass is 328 g/mol. The number of amides is 1. The lowest BCUT2D eigenvalue weighted by molar-refractivity contribution is 0.0953. The molecule has 0 radical (unpaired) electrons. The highest BCUT2D eigenvalue weighted by Gasteiger charge is 2.16. The van der Waals surface area contributed by atoms with E-state index in [1.807, 2.05) is 30.3 Å². The van der Waals surface area contributed by atoms with Crippen molar-refractivity contribution in [3.05, 3.63) is 81.6 Å². The Morgan fingerprint density at radius 1 is 1.12 bits per heavy atom. The third-order valence-electron chi connectivity index (χ3n) is 3.69. The van der Waals surface area contributed by atoms with E-state index >= 15 is 0 Å². The molecule has 6 heteroatoms. The maximum atomic E-state index is 13.8. The largest absolute Gasteiger partial charge is 0.360 e. The predicted molar refractivity (Wildman–Crippen MR) is 87.0 cm³/mol. The van der Waals surface area contributed by atoms with Gasteiger partial charge < -0.3 is 10.3 Å². The summed E-state index contributed by atoms with van der Waals surface area (Å²) < 4.78 is 27.0. The molecule has 0 aliphatic carbocycles. The van der Waals surface area contributed by atoms with E-state index in [-0.39, 0.29) is 16.5 Å². The SMILES string of the molecule is O=C(NCCc1ccccc1)c1c[nH]c2cc(F)cc(F)c2c1=O. The van der Waals surface area contributed by atoms with Gasteiger partial charge in [-0.05, 0) is 18.1 Å². The van der Waals surface area contributed by atoms with Gasteiger partial charge in [-0.3, -0.25) is 9.59 Å². The van der Waals surface area contributed by atoms with E-state index in [1.165, 1.54) is 6.20 Å². The number of carbonyl (C=O) groups excluding carboxylic acids is 1. The number of hydrogen-bond donors (Lipinski definition) is 2. The second kappa shape index (κ2) is 6.62. The Kier molecular flexibility index (Phi) is 4.37. The Bertz CT molecular complexity index is 952. The van der Waals surface area contributed by atoms with Crippen LogP contribution in [0, 0.1) is 11.6 Å². The van der Waals surface area contributed by atoms with Gasteiger partial charge >= 0.3 is 0 Å². The normalized spacial score (nSPS) is 10.8. The number of hydrogen-bond acceptors (Lipinski definition) is 2. The fourth-order valence-corrected chi connectivity index (χ4v) is 2.50. The molecule has 0 aliphatic heterocycles. The van der Waals surface area contributed by atoms with Gasteiger partial charge in [-0.25, -0.2) is 8.78 Å². The standard InChI is InChI=1S/C18H14F2N2O2/c19-12-8-14(20)16-15(9-12)22-10-13(17(16)23)18(24)21-7-6-11-4-2-1-3-5-11/h1-5,8-10H,6-7H2,(H,21,24)(H,22,23). The van der Waals surface area contributed by atoms with Crippen molar-refractivity contribution in [2.24, 2.45) is 0 Å². The summed E-state index contributed by atoms with van der Waals surface area (Å²) in [5, 5.41) is 2.30. The molecule has 0 spiro atoms. The molecule has 0 unspecified atom stereocenters. The van der Waals surface area contributed by atoms with Gasteiger partial charge in [-0.1, -0.05) is 30.3 Å². The fraction of sp³-hybridized carbons (Fsp3) is 0.111. The first-order valence-electron chi connectivity index (χ1n) is 7.39. The van der Waals surface area contributed by atoms with Gasteiger partial charge in [0.1, 0.15) is 17.2 Å². The minimum atomic E-state index is -0.995. The smallest absolute Gasteiger partial charge is 0.256 e. The van der Waals surface area contributed by atoms with E-state index in [1.54, 1.807) is 0 Å². The highest BCUT2D eigenvalue weighted by molar-refractivity contribution is 5.97. The molecular weight excluding hydrogens is 314 g/mol. The number of H-pyrrole nitrogens is 1. The zero-order chi connectivity index (χ0) is 17.1. The number of halogens is 2. The summed E-state index contributed by atoms with van der Waals surface area (Å²) >= 11 is 0. The van der Waals surface area contributed by atoms with E-state index in [0.29, 0.717) is 19.0 Å². The number of aromatic amines is 1. The molecule has 2 N–H and O–H groups in total. The molecule has 0 aliphatic rings. The van der Waals surface area contributed by atoms with Gasteiger partial charge in [-0.2, -0.15) is 0 Å². The topological polar surface area (TPSA) is 62.0 Å². The van der Waals surface area contributed by atoms with Crippen LogP contribution < -0.4 is 10.7 Å². The number of rotatable bonds is 4. The van der Waals surface area contributed by atoms with Crippen LogP contribution in [0.25, 0.3) is 10.9 Å². The lowest BCUT2D eigenvalue weighted by atomic mass is 10.1. The summed E-state index contributed by atoms with van der Waals surface area (Å²) in [5.74, 6) is -2.39. The van der Waals surface area contributed by atoms with Crippen LogP contribution >= 0.6 is 0 Å². The van der Waals surface area contributed by atoms with Crippen molar-refractivity contribution in [2.75, 3.05) is 6.54 Å². The minimum Gasteiger partial charge on any atom is -0.360 e. The van der Waals surface area contributed by atoms with E-state index in [9.17, 15) is 18.4 Å². The maximum absolute atomic E-state index is 13.8. The van der Waals surface area contributed by atoms with Crippen LogP contribution in [-0.2, 0) is 6.42 Å². The van der Waals surface area contributed by atoms with Gasteiger partial charge in [-0.15, -0.1) is 0 Å². The molecule has 2 aromatic carbocycles. The maximum Gasteiger partial charge on any atom is 0.256 e. The molecule has 0 saturated heterocycles. The predicted octanol–water partition coefficient (Wildman–Crippen LogP) is 2.78. The molecule has 3 aromatic rings. The molecule has 122 valence electrons. The summed E-state index contributed by atoms with van der Waals surface area (Å²) in [6.07, 6.45) is 1.78. The first-order chi connectivity index (χ1) is 11.6. The summed E-state index contributed by atoms with van der Waals surface area (Å²) in [7, 11) is 0. The Morgan fingerprint density at radius 2 is 1.88 bits per heavy atom. The van der Waals surface area contributed by atoms with Gasteiger partial charge in [0.15, 0.2) is 0 Å². The molecule has 3 rings (SSSR count). The number of fused-ring (bicyclic) bond motifs is 1. The Hall–Kier alpha value is -3.02. The van der Waals surface area contributed by atoms with Crippen molar-refractivity contribution >= 4 is 16.8 Å². The number of carbonyl (C=O) groups is 1. The van der Waals surface area contributed by atoms with Gasteiger partial charge in [0.05, 0.1) is 10.9 Å². The number of nitrogens with one attached hydrogen (secondary N) is 2. The lowest BCUT2D eigenvalue weighted by Gasteiger charge is -2.07. The molecule has 1 aromatic heterocycles. The molecule has 0 fully saturated rings. The summed E-state index contributed by atoms with van der Waals surface area (Å²) in [5.41, 5.74) is 0.0876. The van der Waals surface area contributed by atoms with Crippen LogP contribution in [0.2, 0.25) is 0 Å². The van der Waals surface area contributed by atoms with Crippen molar-refractivity contribution in [3.8, 4) is 0 Å². The van der Waals surface area contributed by atoms with Crippen LogP contribution in [0.15, 0.2) is 53.5 Å². The van der Waals surface area contributed by atoms with Gasteiger partial charge in [0, 0.05) is 18.8 Å². The average Bonchev–Trinajstić information content (AvgIpc) is 2.55. The molecular formula is C18H14F2N2O2. The molecule has 1 heterocycles. The van der Waals surface area contributed by atoms with Crippen LogP contribution in [0.1, 0.15) is 15.9 Å². The third-order valence-corrected chi connectivity index (χ3v) is 3.69. The highest BCUT2D eigenvalue weighted by Crippen LogP contribution is 2.14. The molecule has 0 saturated carbocycles. The lowest BCUT2D eigenvalue weighted by Crippen LogP contribution is -2.30. The van der Waals surface area contributed by atoms with Crippen LogP contribution in [-0.4, -0.2) is 17.4 Å². The van der Waals surface area contributed by atoms with Crippen molar-refractivity contribution in [1.82, 2.24) is 10.3 Å². The van der Waals surface area contributed by atoms with E-state index in [0.717, 1.165) is 11.6 Å². The molecule has 24 heavy (non-hydrogen) atoms. The first kappa shape index (κ1) is 15.9. The molecule has 1 amide bonds. The second-order valence-corrected chi connectivity index (χ2v) is 5.33. The van der Waals surface area contributed by atoms with Gasteiger partial charge in [0.2, 0.25) is 5.43 Å². The molecule has 4 nitrogen and oxygen atoms in total. The summed E-state index contributed by atoms with van der Waals surface area (Å²) in [6, 6.07) is 11.2. The summed E-state index contributed by atoms with van der Waals surface area (Å²) in [4.78, 5) is 27.0. The van der Waals surface area contributed by atoms with E-state index in [2.05, 4.69) is 10.3 Å². The second-order valence-electron chi connectivity index (χ2n) is 5.33. The Labute approximate surface area is 136 Å². The highest BCUT2D eigenvalue weighted by atomic mass is 19.1. The molecule has 0 bridgehead atoms. The molecule has 0 atom stereocenters. The quantitative estimate of drug-likeness (QED) is 0.773. The van der Waals surface area contributed by atoms with E-state index < -0.39 is 23.0 Å². The van der Waals surface area contributed by atoms with Crippen molar-refractivity contribution in [1.29, 1.82) is 0 Å². The fourth-order valence-electron chi connectivity index (χ4n) is 2.50. The average molecular weight is 328 g/mol. The third kappa shape index (κ3) is 3.17. The first-order valence-corrected chi connectivity index (χ1v) is 7.39. The number of benzene rings is 2. The van der Waals surface area contributed by atoms with Crippen molar-refractivity contribution in [3.63, 3.8) is 0 Å². The zero-order valence-corrected chi connectivity index (χ0v) is 12.6. The van der Waals surface area contributed by atoms with E-state index in [4.69, 9.17) is 0 Å². The van der Waals surface area contributed by atoms with Crippen molar-refractivity contribution < 1.29 is 13.6 Å². The number of aromatic nitrogens is 1. The Balaban J connectivity index is 1.80. The zero-order valence-electron chi connectivity index (χ0n) is 12.6. The van der Waals surface area contributed by atoms with Crippen molar-refractivity contribution in [2.45, 2.75) is 6.42 Å². The Morgan fingerprint density at radius 3 is 2.62 bits per heavy atom. The van der Waals surface area contributed by atoms with Crippen LogP contribution in [0.5, 0.6) is 0 Å². The summed E-state index contributed by atoms with van der Waals surface area (Å²) in [6.45, 7) is 0.340. The van der Waals surface area contributed by atoms with Gasteiger partial charge in [0.25, 0.3) is 5.91 Å². The number of pyridine rings is 1. The van der Waals surface area contributed by atoms with Crippen LogP contribution in [0.3, 0.4) is 0 Å².